The molecule has 1 aromatic heterocycles. The number of piperazine rings is 1. The number of rotatable bonds is 1. The lowest BCUT2D eigenvalue weighted by Gasteiger charge is -2.25. The second-order valence-corrected chi connectivity index (χ2v) is 3.54. The van der Waals surface area contributed by atoms with Crippen molar-refractivity contribution in [2.24, 2.45) is 0 Å². The average molecular weight is 222 g/mol. The topological polar surface area (TPSA) is 95.2 Å². The van der Waals surface area contributed by atoms with E-state index in [0.717, 1.165) is 0 Å². The smallest absolute Gasteiger partial charge is 0.258 e. The zero-order valence-corrected chi connectivity index (χ0v) is 8.61. The van der Waals surface area contributed by atoms with Gasteiger partial charge in [0.25, 0.3) is 5.91 Å². The van der Waals surface area contributed by atoms with Gasteiger partial charge in [-0.05, 0) is 6.92 Å². The number of hydrogen-bond donors (Lipinski definition) is 2. The van der Waals surface area contributed by atoms with Gasteiger partial charge in [-0.15, -0.1) is 0 Å². The molecule has 7 nitrogen and oxygen atoms in total. The maximum absolute atomic E-state index is 11.9. The van der Waals surface area contributed by atoms with E-state index in [0.29, 0.717) is 11.3 Å². The Bertz CT molecular complexity index is 449. The van der Waals surface area contributed by atoms with Gasteiger partial charge in [-0.1, -0.05) is 0 Å². The van der Waals surface area contributed by atoms with Crippen molar-refractivity contribution in [1.29, 1.82) is 0 Å². The minimum atomic E-state index is -0.467. The molecule has 0 unspecified atom stereocenters. The molecule has 0 saturated carbocycles. The minimum Gasteiger partial charge on any atom is -0.320 e. The second kappa shape index (κ2) is 3.76. The number of amides is 3. The van der Waals surface area contributed by atoms with Gasteiger partial charge in [-0.3, -0.25) is 24.8 Å². The first-order chi connectivity index (χ1) is 7.58. The van der Waals surface area contributed by atoms with Crippen LogP contribution < -0.4 is 5.32 Å². The minimum absolute atomic E-state index is 0.102. The molecule has 1 aliphatic rings. The zero-order chi connectivity index (χ0) is 11.7. The van der Waals surface area contributed by atoms with Gasteiger partial charge in [0.2, 0.25) is 11.8 Å². The number of nitrogens with zero attached hydrogens (tertiary/aromatic N) is 2. The molecular weight excluding hydrogens is 212 g/mol. The molecule has 7 heteroatoms. The van der Waals surface area contributed by atoms with Crippen LogP contribution in [0.4, 0.5) is 0 Å². The molecule has 0 atom stereocenters. The van der Waals surface area contributed by atoms with E-state index >= 15 is 0 Å². The Hall–Kier alpha value is -2.18. The lowest BCUT2D eigenvalue weighted by atomic mass is 10.2. The molecule has 0 spiro atoms. The van der Waals surface area contributed by atoms with E-state index in [1.165, 1.54) is 11.1 Å². The Morgan fingerprint density at radius 1 is 1.38 bits per heavy atom. The quantitative estimate of drug-likeness (QED) is 0.584. The average Bonchev–Trinajstić information content (AvgIpc) is 2.62. The van der Waals surface area contributed by atoms with Crippen LogP contribution in [0.1, 0.15) is 16.1 Å². The summed E-state index contributed by atoms with van der Waals surface area (Å²) >= 11 is 0. The number of aryl methyl sites for hydroxylation is 1. The summed E-state index contributed by atoms with van der Waals surface area (Å²) in [6.45, 7) is 1.50. The number of aromatic nitrogens is 2. The predicted molar refractivity (Wildman–Crippen MR) is 52.4 cm³/mol. The summed E-state index contributed by atoms with van der Waals surface area (Å²) < 4.78 is 0. The summed E-state index contributed by atoms with van der Waals surface area (Å²) in [5, 5.41) is 8.47. The van der Waals surface area contributed by atoms with Crippen LogP contribution in [0.2, 0.25) is 0 Å². The summed E-state index contributed by atoms with van der Waals surface area (Å²) in [6.07, 6.45) is 1.38. The van der Waals surface area contributed by atoms with Crippen LogP contribution in [0.3, 0.4) is 0 Å². The number of carbonyl (C=O) groups excluding carboxylic acids is 3. The zero-order valence-electron chi connectivity index (χ0n) is 8.61. The Morgan fingerprint density at radius 2 is 2.00 bits per heavy atom. The summed E-state index contributed by atoms with van der Waals surface area (Å²) in [7, 11) is 0. The highest BCUT2D eigenvalue weighted by Gasteiger charge is 2.28. The molecule has 2 N–H and O–H groups in total. The summed E-state index contributed by atoms with van der Waals surface area (Å²) in [5.41, 5.74) is 0.992. The largest absolute Gasteiger partial charge is 0.320 e. The Balaban J connectivity index is 2.19. The van der Waals surface area contributed by atoms with Crippen molar-refractivity contribution in [3.8, 4) is 0 Å². The van der Waals surface area contributed by atoms with Crippen LogP contribution in [0.5, 0.6) is 0 Å². The monoisotopic (exact) mass is 222 g/mol. The standard InChI is InChI=1S/C9H10N4O3/c1-5-6(2-10-12-5)9(16)13-3-7(14)11-8(15)4-13/h2H,3-4H2,1H3,(H,10,12)(H,11,14,15). The van der Waals surface area contributed by atoms with Gasteiger partial charge in [0.05, 0.1) is 11.8 Å². The van der Waals surface area contributed by atoms with Crippen molar-refractivity contribution in [3.63, 3.8) is 0 Å². The molecule has 1 fully saturated rings. The highest BCUT2D eigenvalue weighted by atomic mass is 16.2. The fraction of sp³-hybridized carbons (Fsp3) is 0.333. The van der Waals surface area contributed by atoms with Crippen LogP contribution in [-0.2, 0) is 9.59 Å². The number of nitrogens with one attached hydrogen (secondary N) is 2. The number of imide groups is 1. The summed E-state index contributed by atoms with van der Waals surface area (Å²) in [5.74, 6) is -1.30. The van der Waals surface area contributed by atoms with E-state index in [-0.39, 0.29) is 19.0 Å². The molecule has 0 aliphatic carbocycles. The van der Waals surface area contributed by atoms with Crippen LogP contribution in [0.15, 0.2) is 6.20 Å². The first-order valence-corrected chi connectivity index (χ1v) is 4.70. The molecule has 2 rings (SSSR count). The third kappa shape index (κ3) is 1.79. The van der Waals surface area contributed by atoms with Crippen LogP contribution in [-0.4, -0.2) is 45.9 Å². The normalized spacial score (nSPS) is 16.2. The molecule has 2 heterocycles. The van der Waals surface area contributed by atoms with Crippen LogP contribution in [0.25, 0.3) is 0 Å². The fourth-order valence-electron chi connectivity index (χ4n) is 1.52. The van der Waals surface area contributed by atoms with Crippen molar-refractivity contribution in [2.75, 3.05) is 13.1 Å². The van der Waals surface area contributed by atoms with E-state index in [1.54, 1.807) is 6.92 Å². The molecule has 0 bridgehead atoms. The van der Waals surface area contributed by atoms with Gasteiger partial charge in [0.15, 0.2) is 0 Å². The van der Waals surface area contributed by atoms with Gasteiger partial charge >= 0.3 is 0 Å². The summed E-state index contributed by atoms with van der Waals surface area (Å²) in [6, 6.07) is 0. The number of aromatic amines is 1. The van der Waals surface area contributed by atoms with Gasteiger partial charge in [-0.2, -0.15) is 5.10 Å². The fourth-order valence-corrected chi connectivity index (χ4v) is 1.52. The van der Waals surface area contributed by atoms with Crippen molar-refractivity contribution in [3.05, 3.63) is 17.5 Å². The van der Waals surface area contributed by atoms with E-state index < -0.39 is 11.8 Å². The van der Waals surface area contributed by atoms with Crippen molar-refractivity contribution < 1.29 is 14.4 Å². The van der Waals surface area contributed by atoms with E-state index in [4.69, 9.17) is 0 Å². The molecule has 84 valence electrons. The maximum atomic E-state index is 11.9. The molecule has 1 aromatic rings. The molecule has 0 aromatic carbocycles. The number of carbonyl (C=O) groups is 3. The number of hydrogen-bond acceptors (Lipinski definition) is 4. The third-order valence-corrected chi connectivity index (χ3v) is 2.30. The van der Waals surface area contributed by atoms with Crippen LogP contribution >= 0.6 is 0 Å². The number of H-pyrrole nitrogens is 1. The van der Waals surface area contributed by atoms with Gasteiger partial charge in [0, 0.05) is 5.69 Å². The molecule has 0 radical (unpaired) electrons. The molecule has 1 saturated heterocycles. The van der Waals surface area contributed by atoms with E-state index in [1.807, 2.05) is 0 Å². The van der Waals surface area contributed by atoms with E-state index in [2.05, 4.69) is 15.5 Å². The maximum Gasteiger partial charge on any atom is 0.258 e. The highest BCUT2D eigenvalue weighted by Crippen LogP contribution is 2.08. The lowest BCUT2D eigenvalue weighted by molar-refractivity contribution is -0.135. The summed E-state index contributed by atoms with van der Waals surface area (Å²) in [4.78, 5) is 35.3. The van der Waals surface area contributed by atoms with Gasteiger partial charge in [-0.25, -0.2) is 0 Å². The van der Waals surface area contributed by atoms with Crippen molar-refractivity contribution in [1.82, 2.24) is 20.4 Å². The SMILES string of the molecule is Cc1[nH]ncc1C(=O)N1CC(=O)NC(=O)C1. The molecule has 16 heavy (non-hydrogen) atoms. The van der Waals surface area contributed by atoms with Crippen molar-refractivity contribution >= 4 is 17.7 Å². The Labute approximate surface area is 90.8 Å². The van der Waals surface area contributed by atoms with E-state index in [9.17, 15) is 14.4 Å². The lowest BCUT2D eigenvalue weighted by Crippen LogP contribution is -2.53. The van der Waals surface area contributed by atoms with Gasteiger partial charge < -0.3 is 4.90 Å². The Morgan fingerprint density at radius 3 is 2.50 bits per heavy atom. The third-order valence-electron chi connectivity index (χ3n) is 2.30. The van der Waals surface area contributed by atoms with Crippen molar-refractivity contribution in [2.45, 2.75) is 6.92 Å². The molecule has 1 aliphatic heterocycles. The molecular formula is C9H10N4O3. The highest BCUT2D eigenvalue weighted by molar-refractivity contribution is 6.05. The Kier molecular flexibility index (Phi) is 2.43. The predicted octanol–water partition coefficient (Wildman–Crippen LogP) is -1.18. The van der Waals surface area contributed by atoms with Crippen LogP contribution in [0, 0.1) is 6.92 Å². The second-order valence-electron chi connectivity index (χ2n) is 3.54. The first kappa shape index (κ1) is 10.3. The molecule has 3 amide bonds. The van der Waals surface area contributed by atoms with Gasteiger partial charge in [0.1, 0.15) is 13.1 Å². The first-order valence-electron chi connectivity index (χ1n) is 4.70.